The van der Waals surface area contributed by atoms with Crippen molar-refractivity contribution >= 4 is 56.0 Å². The van der Waals surface area contributed by atoms with Crippen LogP contribution >= 0.6 is 23.2 Å². The maximum Gasteiger partial charge on any atom is 0.106 e. The SMILES string of the molecule is Cc1nc2ccccc2n1CC(O)Cn1c2ccc(Cl)cc2c2cc(Cl)ccc21. The van der Waals surface area contributed by atoms with Gasteiger partial charge in [-0.2, -0.15) is 0 Å². The van der Waals surface area contributed by atoms with Crippen molar-refractivity contribution in [1.29, 1.82) is 0 Å². The molecular formula is C23H19Cl2N3O. The molecule has 0 bridgehead atoms. The highest BCUT2D eigenvalue weighted by Crippen LogP contribution is 2.33. The first-order valence-electron chi connectivity index (χ1n) is 9.48. The summed E-state index contributed by atoms with van der Waals surface area (Å²) >= 11 is 12.5. The molecule has 1 atom stereocenters. The van der Waals surface area contributed by atoms with Crippen molar-refractivity contribution in [1.82, 2.24) is 14.1 Å². The molecule has 1 N–H and O–H groups in total. The molecule has 4 nitrogen and oxygen atoms in total. The van der Waals surface area contributed by atoms with Crippen LogP contribution in [0.2, 0.25) is 10.0 Å². The molecule has 0 amide bonds. The number of aromatic nitrogens is 3. The Morgan fingerprint density at radius 2 is 1.41 bits per heavy atom. The van der Waals surface area contributed by atoms with Gasteiger partial charge in [0.15, 0.2) is 0 Å². The van der Waals surface area contributed by atoms with E-state index >= 15 is 0 Å². The molecule has 0 aliphatic rings. The second-order valence-corrected chi connectivity index (χ2v) is 8.22. The van der Waals surface area contributed by atoms with Gasteiger partial charge in [-0.25, -0.2) is 4.98 Å². The number of rotatable bonds is 4. The monoisotopic (exact) mass is 423 g/mol. The van der Waals surface area contributed by atoms with Crippen molar-refractivity contribution in [3.8, 4) is 0 Å². The molecule has 3 aromatic carbocycles. The van der Waals surface area contributed by atoms with E-state index in [0.717, 1.165) is 38.7 Å². The van der Waals surface area contributed by atoms with Gasteiger partial charge in [-0.3, -0.25) is 0 Å². The molecule has 0 fully saturated rings. The maximum absolute atomic E-state index is 11.0. The Morgan fingerprint density at radius 3 is 2.07 bits per heavy atom. The Kier molecular flexibility index (Phi) is 4.50. The molecule has 146 valence electrons. The predicted molar refractivity (Wildman–Crippen MR) is 120 cm³/mol. The zero-order chi connectivity index (χ0) is 20.1. The smallest absolute Gasteiger partial charge is 0.106 e. The van der Waals surface area contributed by atoms with Crippen molar-refractivity contribution in [3.05, 3.63) is 76.5 Å². The first-order valence-corrected chi connectivity index (χ1v) is 10.2. The quantitative estimate of drug-likeness (QED) is 0.395. The van der Waals surface area contributed by atoms with Crippen molar-refractivity contribution in [2.45, 2.75) is 26.1 Å². The van der Waals surface area contributed by atoms with E-state index in [2.05, 4.69) is 14.1 Å². The lowest BCUT2D eigenvalue weighted by atomic mass is 10.1. The molecule has 0 aliphatic heterocycles. The Balaban J connectivity index is 1.56. The van der Waals surface area contributed by atoms with Crippen molar-refractivity contribution in [3.63, 3.8) is 0 Å². The normalized spacial score (nSPS) is 13.0. The maximum atomic E-state index is 11.0. The fourth-order valence-corrected chi connectivity index (χ4v) is 4.50. The number of hydrogen-bond donors (Lipinski definition) is 1. The molecule has 2 aromatic heterocycles. The van der Waals surface area contributed by atoms with Gasteiger partial charge >= 0.3 is 0 Å². The van der Waals surface area contributed by atoms with Crippen LogP contribution < -0.4 is 0 Å². The van der Waals surface area contributed by atoms with Crippen molar-refractivity contribution in [2.75, 3.05) is 0 Å². The zero-order valence-electron chi connectivity index (χ0n) is 15.8. The number of benzene rings is 3. The third-order valence-corrected chi connectivity index (χ3v) is 5.89. The number of halogens is 2. The largest absolute Gasteiger partial charge is 0.389 e. The number of aryl methyl sites for hydroxylation is 1. The summed E-state index contributed by atoms with van der Waals surface area (Å²) in [5, 5.41) is 14.4. The highest BCUT2D eigenvalue weighted by molar-refractivity contribution is 6.33. The Morgan fingerprint density at radius 1 is 0.828 bits per heavy atom. The number of hydrogen-bond acceptors (Lipinski definition) is 2. The minimum absolute atomic E-state index is 0.454. The summed E-state index contributed by atoms with van der Waals surface area (Å²) in [5.41, 5.74) is 4.03. The molecule has 6 heteroatoms. The van der Waals surface area contributed by atoms with Crippen LogP contribution in [0.25, 0.3) is 32.8 Å². The summed E-state index contributed by atoms with van der Waals surface area (Å²) in [7, 11) is 0. The highest BCUT2D eigenvalue weighted by Gasteiger charge is 2.17. The number of imidazole rings is 1. The van der Waals surface area contributed by atoms with Gasteiger partial charge in [-0.05, 0) is 55.5 Å². The fraction of sp³-hybridized carbons (Fsp3) is 0.174. The molecule has 5 rings (SSSR count). The van der Waals surface area contributed by atoms with Gasteiger partial charge in [-0.1, -0.05) is 35.3 Å². The lowest BCUT2D eigenvalue weighted by molar-refractivity contribution is 0.137. The molecule has 5 aromatic rings. The summed E-state index contributed by atoms with van der Waals surface area (Å²) in [4.78, 5) is 4.60. The molecule has 29 heavy (non-hydrogen) atoms. The van der Waals surface area contributed by atoms with Gasteiger partial charge in [0.2, 0.25) is 0 Å². The van der Waals surface area contributed by atoms with E-state index in [1.54, 1.807) is 0 Å². The van der Waals surface area contributed by atoms with Crippen LogP contribution in [0.3, 0.4) is 0 Å². The van der Waals surface area contributed by atoms with E-state index in [4.69, 9.17) is 23.2 Å². The molecule has 2 heterocycles. The number of aliphatic hydroxyl groups is 1. The molecule has 0 saturated heterocycles. The summed E-state index contributed by atoms with van der Waals surface area (Å²) in [5.74, 6) is 0.894. The summed E-state index contributed by atoms with van der Waals surface area (Å²) in [6.45, 7) is 2.89. The molecule has 0 spiro atoms. The van der Waals surface area contributed by atoms with Crippen LogP contribution in [0.15, 0.2) is 60.7 Å². The summed E-state index contributed by atoms with van der Waals surface area (Å²) in [6.07, 6.45) is -0.587. The third-order valence-electron chi connectivity index (χ3n) is 5.42. The predicted octanol–water partition coefficient (Wildman–Crippen LogP) is 5.82. The first-order chi connectivity index (χ1) is 14.0. The van der Waals surface area contributed by atoms with Gasteiger partial charge in [0.1, 0.15) is 5.82 Å². The first kappa shape index (κ1) is 18.5. The van der Waals surface area contributed by atoms with E-state index in [1.165, 1.54) is 0 Å². The Hall–Kier alpha value is -2.53. The van der Waals surface area contributed by atoms with Gasteiger partial charge in [0.05, 0.1) is 30.2 Å². The van der Waals surface area contributed by atoms with E-state index in [1.807, 2.05) is 67.6 Å². The average molecular weight is 424 g/mol. The second kappa shape index (κ2) is 7.06. The van der Waals surface area contributed by atoms with Crippen molar-refractivity contribution < 1.29 is 5.11 Å². The van der Waals surface area contributed by atoms with E-state index in [0.29, 0.717) is 23.1 Å². The number of aliphatic hydroxyl groups excluding tert-OH is 1. The van der Waals surface area contributed by atoms with Gasteiger partial charge < -0.3 is 14.2 Å². The van der Waals surface area contributed by atoms with Crippen LogP contribution in [0.4, 0.5) is 0 Å². The molecule has 0 aliphatic carbocycles. The molecule has 0 radical (unpaired) electrons. The van der Waals surface area contributed by atoms with Gasteiger partial charge in [0, 0.05) is 31.9 Å². The number of fused-ring (bicyclic) bond motifs is 4. The second-order valence-electron chi connectivity index (χ2n) is 7.35. The van der Waals surface area contributed by atoms with E-state index in [9.17, 15) is 5.11 Å². The van der Waals surface area contributed by atoms with Crippen LogP contribution in [0, 0.1) is 6.92 Å². The third kappa shape index (κ3) is 3.18. The Labute approximate surface area is 177 Å². The van der Waals surface area contributed by atoms with Crippen molar-refractivity contribution in [2.24, 2.45) is 0 Å². The van der Waals surface area contributed by atoms with Crippen LogP contribution in [-0.4, -0.2) is 25.3 Å². The van der Waals surface area contributed by atoms with Crippen LogP contribution in [-0.2, 0) is 13.1 Å². The Bertz CT molecular complexity index is 1310. The number of nitrogens with zero attached hydrogens (tertiary/aromatic N) is 3. The molecule has 1 unspecified atom stereocenters. The lowest BCUT2D eigenvalue weighted by Gasteiger charge is -2.16. The summed E-state index contributed by atoms with van der Waals surface area (Å²) < 4.78 is 4.21. The average Bonchev–Trinajstić information content (AvgIpc) is 3.16. The highest BCUT2D eigenvalue weighted by atomic mass is 35.5. The van der Waals surface area contributed by atoms with E-state index in [-0.39, 0.29) is 0 Å². The van der Waals surface area contributed by atoms with Gasteiger partial charge in [0.25, 0.3) is 0 Å². The molecule has 0 saturated carbocycles. The van der Waals surface area contributed by atoms with E-state index < -0.39 is 6.10 Å². The van der Waals surface area contributed by atoms with Crippen LogP contribution in [0.5, 0.6) is 0 Å². The standard InChI is InChI=1S/C23H19Cl2N3O/c1-14-26-20-4-2-3-5-23(20)27(14)12-17(29)13-28-21-8-6-15(24)10-18(21)19-11-16(25)7-9-22(19)28/h2-11,17,29H,12-13H2,1H3. The molecular weight excluding hydrogens is 405 g/mol. The topological polar surface area (TPSA) is 43.0 Å². The number of para-hydroxylation sites is 2. The fourth-order valence-electron chi connectivity index (χ4n) is 4.15. The lowest BCUT2D eigenvalue weighted by Crippen LogP contribution is -2.22. The van der Waals surface area contributed by atoms with Gasteiger partial charge in [-0.15, -0.1) is 0 Å². The minimum Gasteiger partial charge on any atom is -0.389 e. The minimum atomic E-state index is -0.587. The zero-order valence-corrected chi connectivity index (χ0v) is 17.3. The summed E-state index contributed by atoms with van der Waals surface area (Å²) in [6, 6.07) is 19.6. The van der Waals surface area contributed by atoms with Crippen LogP contribution in [0.1, 0.15) is 5.82 Å².